The summed E-state index contributed by atoms with van der Waals surface area (Å²) in [5, 5.41) is 11.4. The van der Waals surface area contributed by atoms with Crippen molar-refractivity contribution in [2.24, 2.45) is 0 Å². The molecule has 9 nitrogen and oxygen atoms in total. The molecule has 0 unspecified atom stereocenters. The number of nitrogens with zero attached hydrogens (tertiary/aromatic N) is 3. The number of carbonyl (C=O) groups excluding carboxylic acids is 1. The molecule has 0 saturated heterocycles. The number of pyridine rings is 2. The molecule has 0 atom stereocenters. The molecule has 3 aromatic carbocycles. The van der Waals surface area contributed by atoms with Gasteiger partial charge >= 0.3 is 0 Å². The molecule has 4 heterocycles. The summed E-state index contributed by atoms with van der Waals surface area (Å²) in [6.45, 7) is 0. The van der Waals surface area contributed by atoms with Crippen LogP contribution in [0.1, 0.15) is 15.9 Å². The predicted molar refractivity (Wildman–Crippen MR) is 178 cm³/mol. The van der Waals surface area contributed by atoms with E-state index in [4.69, 9.17) is 4.98 Å². The highest BCUT2D eigenvalue weighted by atomic mass is 32.2. The molecule has 0 fully saturated rings. The summed E-state index contributed by atoms with van der Waals surface area (Å²) in [6.07, 6.45) is 4.67. The molecule has 11 heteroatoms. The van der Waals surface area contributed by atoms with E-state index < -0.39 is 15.7 Å². The number of halogens is 1. The molecule has 0 aliphatic heterocycles. The van der Waals surface area contributed by atoms with E-state index in [1.807, 2.05) is 54.6 Å². The predicted octanol–water partition coefficient (Wildman–Crippen LogP) is 6.81. The minimum atomic E-state index is -3.19. The Morgan fingerprint density at radius 1 is 0.891 bits per heavy atom. The first kappa shape index (κ1) is 29.1. The topological polar surface area (TPSA) is 133 Å². The van der Waals surface area contributed by atoms with Crippen LogP contribution in [0.5, 0.6) is 0 Å². The Morgan fingerprint density at radius 2 is 1.74 bits per heavy atom. The first-order valence-electron chi connectivity index (χ1n) is 14.5. The van der Waals surface area contributed by atoms with Crippen molar-refractivity contribution in [2.75, 3.05) is 17.3 Å². The molecule has 0 aliphatic rings. The standard InChI is InChI=1S/C35H27FN6O3S/c1-46(44,45)13-12-21-14-23(16-25(36)15-21)27-8-5-9-30-28(27)18-32(39-30)34-33-31(41-42-34)11-10-29(40-33)24-17-26(20-37-19-24)38-35(43)22-6-3-2-4-7-22/h2-11,14-20,39H,12-13H2,1H3,(H,38,43)(H,41,42). The van der Waals surface area contributed by atoms with Crippen molar-refractivity contribution < 1.29 is 17.6 Å². The van der Waals surface area contributed by atoms with Crippen molar-refractivity contribution in [1.29, 1.82) is 0 Å². The Morgan fingerprint density at radius 3 is 2.57 bits per heavy atom. The second kappa shape index (κ2) is 11.7. The number of hydrogen-bond acceptors (Lipinski definition) is 6. The van der Waals surface area contributed by atoms with Gasteiger partial charge in [0.1, 0.15) is 26.9 Å². The van der Waals surface area contributed by atoms with Crippen molar-refractivity contribution in [3.63, 3.8) is 0 Å². The molecule has 7 rings (SSSR count). The number of sulfone groups is 1. The third-order valence-corrected chi connectivity index (χ3v) is 8.63. The number of H-pyrrole nitrogens is 2. The molecule has 1 amide bonds. The van der Waals surface area contributed by atoms with Crippen LogP contribution in [0.15, 0.2) is 103 Å². The van der Waals surface area contributed by atoms with Gasteiger partial charge in [-0.2, -0.15) is 5.10 Å². The lowest BCUT2D eigenvalue weighted by molar-refractivity contribution is 0.102. The van der Waals surface area contributed by atoms with E-state index in [1.54, 1.807) is 36.7 Å². The first-order valence-corrected chi connectivity index (χ1v) is 16.5. The molecule has 7 aromatic rings. The molecular formula is C35H27FN6O3S. The summed E-state index contributed by atoms with van der Waals surface area (Å²) in [4.78, 5) is 25.3. The van der Waals surface area contributed by atoms with Gasteiger partial charge in [-0.3, -0.25) is 14.9 Å². The lowest BCUT2D eigenvalue weighted by Crippen LogP contribution is -2.11. The zero-order valence-corrected chi connectivity index (χ0v) is 25.4. The number of amides is 1. The summed E-state index contributed by atoms with van der Waals surface area (Å²) in [5.41, 5.74) is 8.04. The SMILES string of the molecule is CS(=O)(=O)CCc1cc(F)cc(-c2cccc3[nH]c(-c4n[nH]c5ccc(-c6cncc(NC(=O)c7ccccc7)c6)nc45)cc23)c1. The van der Waals surface area contributed by atoms with Gasteiger partial charge in [-0.25, -0.2) is 17.8 Å². The number of rotatable bonds is 8. The minimum absolute atomic E-state index is 0.0572. The smallest absolute Gasteiger partial charge is 0.255 e. The Kier molecular flexibility index (Phi) is 7.37. The van der Waals surface area contributed by atoms with Crippen LogP contribution in [0.2, 0.25) is 0 Å². The van der Waals surface area contributed by atoms with E-state index in [-0.39, 0.29) is 18.1 Å². The number of aromatic nitrogens is 5. The van der Waals surface area contributed by atoms with Gasteiger partial charge in [0, 0.05) is 34.5 Å². The van der Waals surface area contributed by atoms with E-state index in [1.165, 1.54) is 18.4 Å². The molecule has 0 bridgehead atoms. The van der Waals surface area contributed by atoms with E-state index in [9.17, 15) is 17.6 Å². The third-order valence-electron chi connectivity index (χ3n) is 7.68. The highest BCUT2D eigenvalue weighted by Gasteiger charge is 2.17. The van der Waals surface area contributed by atoms with Gasteiger partial charge in [-0.15, -0.1) is 0 Å². The van der Waals surface area contributed by atoms with Gasteiger partial charge in [0.25, 0.3) is 5.91 Å². The molecule has 46 heavy (non-hydrogen) atoms. The van der Waals surface area contributed by atoms with Crippen molar-refractivity contribution in [3.05, 3.63) is 120 Å². The zero-order valence-electron chi connectivity index (χ0n) is 24.6. The van der Waals surface area contributed by atoms with Gasteiger partial charge in [0.15, 0.2) is 0 Å². The maximum atomic E-state index is 14.7. The van der Waals surface area contributed by atoms with Crippen molar-refractivity contribution in [3.8, 4) is 33.8 Å². The average molecular weight is 631 g/mol. The highest BCUT2D eigenvalue weighted by molar-refractivity contribution is 7.90. The molecule has 3 N–H and O–H groups in total. The van der Waals surface area contributed by atoms with Crippen molar-refractivity contribution in [2.45, 2.75) is 6.42 Å². The van der Waals surface area contributed by atoms with E-state index >= 15 is 0 Å². The Labute approximate surface area is 263 Å². The van der Waals surface area contributed by atoms with Gasteiger partial charge in [0.2, 0.25) is 0 Å². The molecule has 0 aliphatic carbocycles. The number of fused-ring (bicyclic) bond motifs is 2. The lowest BCUT2D eigenvalue weighted by Gasteiger charge is -2.08. The van der Waals surface area contributed by atoms with Crippen LogP contribution in [0.3, 0.4) is 0 Å². The van der Waals surface area contributed by atoms with Crippen LogP contribution < -0.4 is 5.32 Å². The number of carbonyl (C=O) groups is 1. The summed E-state index contributed by atoms with van der Waals surface area (Å²) in [7, 11) is -3.19. The second-order valence-electron chi connectivity index (χ2n) is 11.1. The summed E-state index contributed by atoms with van der Waals surface area (Å²) < 4.78 is 38.1. The molecular weight excluding hydrogens is 603 g/mol. The molecule has 228 valence electrons. The monoisotopic (exact) mass is 630 g/mol. The van der Waals surface area contributed by atoms with E-state index in [0.29, 0.717) is 45.0 Å². The average Bonchev–Trinajstić information content (AvgIpc) is 3.68. The molecule has 4 aromatic heterocycles. The Bertz CT molecular complexity index is 2370. The first-order chi connectivity index (χ1) is 22.2. The Balaban J connectivity index is 1.22. The van der Waals surface area contributed by atoms with E-state index in [0.717, 1.165) is 27.5 Å². The number of nitrogens with one attached hydrogen (secondary N) is 3. The zero-order chi connectivity index (χ0) is 31.8. The number of benzene rings is 3. The van der Waals surface area contributed by atoms with E-state index in [2.05, 4.69) is 25.5 Å². The highest BCUT2D eigenvalue weighted by Crippen LogP contribution is 2.35. The summed E-state index contributed by atoms with van der Waals surface area (Å²) in [6, 6.07) is 26.9. The second-order valence-corrected chi connectivity index (χ2v) is 13.4. The van der Waals surface area contributed by atoms with Gasteiger partial charge in [-0.05, 0) is 77.7 Å². The van der Waals surface area contributed by atoms with Crippen molar-refractivity contribution >= 4 is 43.4 Å². The van der Waals surface area contributed by atoms with Crippen LogP contribution >= 0.6 is 0 Å². The number of aryl methyl sites for hydroxylation is 1. The van der Waals surface area contributed by atoms with Crippen LogP contribution in [-0.4, -0.2) is 51.5 Å². The number of anilines is 1. The van der Waals surface area contributed by atoms with Crippen LogP contribution in [-0.2, 0) is 16.3 Å². The fourth-order valence-electron chi connectivity index (χ4n) is 5.48. The van der Waals surface area contributed by atoms with Crippen LogP contribution in [0.4, 0.5) is 10.1 Å². The van der Waals surface area contributed by atoms with Gasteiger partial charge < -0.3 is 10.3 Å². The number of hydrogen-bond donors (Lipinski definition) is 3. The van der Waals surface area contributed by atoms with Gasteiger partial charge in [0.05, 0.1) is 34.5 Å². The molecule has 0 spiro atoms. The lowest BCUT2D eigenvalue weighted by atomic mass is 9.98. The number of aromatic amines is 2. The fourth-order valence-corrected chi connectivity index (χ4v) is 6.08. The minimum Gasteiger partial charge on any atom is -0.353 e. The van der Waals surface area contributed by atoms with Crippen LogP contribution in [0.25, 0.3) is 55.7 Å². The maximum Gasteiger partial charge on any atom is 0.255 e. The van der Waals surface area contributed by atoms with Crippen LogP contribution in [0, 0.1) is 5.82 Å². The quantitative estimate of drug-likeness (QED) is 0.169. The summed E-state index contributed by atoms with van der Waals surface area (Å²) in [5.74, 6) is -0.721. The van der Waals surface area contributed by atoms with Gasteiger partial charge in [-0.1, -0.05) is 36.4 Å². The third kappa shape index (κ3) is 6.00. The fraction of sp³-hybridized carbons (Fsp3) is 0.0857. The largest absolute Gasteiger partial charge is 0.353 e. The molecule has 0 saturated carbocycles. The van der Waals surface area contributed by atoms with Crippen molar-refractivity contribution in [1.82, 2.24) is 25.1 Å². The normalized spacial score (nSPS) is 11.7. The maximum absolute atomic E-state index is 14.7. The summed E-state index contributed by atoms with van der Waals surface area (Å²) >= 11 is 0. The molecule has 0 radical (unpaired) electrons. The Hall–Kier alpha value is -5.68.